The van der Waals surface area contributed by atoms with Gasteiger partial charge in [-0.25, -0.2) is 0 Å². The van der Waals surface area contributed by atoms with Crippen LogP contribution in [0.4, 0.5) is 0 Å². The van der Waals surface area contributed by atoms with Crippen molar-refractivity contribution in [3.63, 3.8) is 0 Å². The van der Waals surface area contributed by atoms with Crippen LogP contribution in [0.3, 0.4) is 0 Å². The van der Waals surface area contributed by atoms with Gasteiger partial charge in [-0.3, -0.25) is 5.32 Å². The van der Waals surface area contributed by atoms with Crippen molar-refractivity contribution in [1.29, 1.82) is 0 Å². The van der Waals surface area contributed by atoms with Gasteiger partial charge in [0.1, 0.15) is 10.7 Å². The van der Waals surface area contributed by atoms with Crippen molar-refractivity contribution in [1.82, 2.24) is 10.2 Å². The van der Waals surface area contributed by atoms with Crippen molar-refractivity contribution in [2.45, 2.75) is 12.1 Å². The Bertz CT molecular complexity index is 839. The lowest BCUT2D eigenvalue weighted by atomic mass is 9.87. The first-order valence-corrected chi connectivity index (χ1v) is 8.18. The van der Waals surface area contributed by atoms with Crippen LogP contribution in [0.15, 0.2) is 48.5 Å². The molecule has 2 aliphatic heterocycles. The van der Waals surface area contributed by atoms with Gasteiger partial charge in [-0.1, -0.05) is 66.8 Å². The summed E-state index contributed by atoms with van der Waals surface area (Å²) in [4.78, 5) is 3.34. The van der Waals surface area contributed by atoms with Crippen molar-refractivity contribution >= 4 is 23.3 Å². The minimum absolute atomic E-state index is 0.284. The highest BCUT2D eigenvalue weighted by atomic mass is 32.1. The molecule has 1 unspecified atom stereocenters. The summed E-state index contributed by atoms with van der Waals surface area (Å²) in [5.41, 5.74) is 6.32. The Kier molecular flexibility index (Phi) is 2.44. The first-order chi connectivity index (χ1) is 10.8. The number of rotatable bonds is 1. The molecule has 5 rings (SSSR count). The molecule has 2 heterocycles. The van der Waals surface area contributed by atoms with Crippen molar-refractivity contribution < 1.29 is 0 Å². The number of nitrogens with zero attached hydrogens (tertiary/aromatic N) is 1. The molecule has 0 amide bonds. The molecule has 2 aromatic rings. The van der Waals surface area contributed by atoms with E-state index in [2.05, 4.69) is 64.8 Å². The molecule has 2 nitrogen and oxygen atoms in total. The lowest BCUT2D eigenvalue weighted by Gasteiger charge is -2.36. The number of thiocarbonyl (C=S) groups is 1. The van der Waals surface area contributed by atoms with Crippen LogP contribution in [0, 0.1) is 0 Å². The molecule has 1 saturated heterocycles. The van der Waals surface area contributed by atoms with E-state index in [0.29, 0.717) is 0 Å². The van der Waals surface area contributed by atoms with E-state index in [1.54, 1.807) is 0 Å². The molecule has 108 valence electrons. The summed E-state index contributed by atoms with van der Waals surface area (Å²) in [6.07, 6.45) is 5.55. The minimum Gasteiger partial charge on any atom is -0.335 e. The molecule has 1 N–H and O–H groups in total. The zero-order chi connectivity index (χ0) is 14.7. The summed E-state index contributed by atoms with van der Waals surface area (Å²) < 4.78 is 0. The highest BCUT2D eigenvalue weighted by molar-refractivity contribution is 7.80. The van der Waals surface area contributed by atoms with Crippen molar-refractivity contribution in [2.75, 3.05) is 13.1 Å². The maximum absolute atomic E-state index is 5.78. The Morgan fingerprint density at radius 2 is 1.91 bits per heavy atom. The van der Waals surface area contributed by atoms with E-state index in [1.165, 1.54) is 27.8 Å². The van der Waals surface area contributed by atoms with E-state index in [9.17, 15) is 0 Å². The standard InChI is InChI=1S/C19H16N2S/c22-18-15-7-1-2-9-17(15)19(20-11-12-21(18)19)16-10-4-6-13-5-3-8-14(13)16/h1-4,6-10,20H,5,11-12H2. The lowest BCUT2D eigenvalue weighted by molar-refractivity contribution is 0.280. The lowest BCUT2D eigenvalue weighted by Crippen LogP contribution is -2.47. The van der Waals surface area contributed by atoms with Gasteiger partial charge in [-0.05, 0) is 17.5 Å². The minimum atomic E-state index is -0.284. The molecule has 3 aliphatic rings. The van der Waals surface area contributed by atoms with Crippen LogP contribution in [-0.4, -0.2) is 23.0 Å². The van der Waals surface area contributed by atoms with E-state index >= 15 is 0 Å². The van der Waals surface area contributed by atoms with Crippen LogP contribution >= 0.6 is 12.2 Å². The third-order valence-corrected chi connectivity index (χ3v) is 5.56. The van der Waals surface area contributed by atoms with Crippen molar-refractivity contribution in [3.8, 4) is 0 Å². The summed E-state index contributed by atoms with van der Waals surface area (Å²) in [7, 11) is 0. The van der Waals surface area contributed by atoms with Gasteiger partial charge in [-0.15, -0.1) is 0 Å². The number of allylic oxidation sites excluding steroid dienone is 1. The summed E-state index contributed by atoms with van der Waals surface area (Å²) in [6, 6.07) is 15.2. The van der Waals surface area contributed by atoms with E-state index in [0.717, 1.165) is 24.5 Å². The highest BCUT2D eigenvalue weighted by Gasteiger charge is 2.52. The van der Waals surface area contributed by atoms with E-state index < -0.39 is 0 Å². The molecule has 0 aromatic heterocycles. The van der Waals surface area contributed by atoms with E-state index in [-0.39, 0.29) is 5.66 Å². The SMILES string of the molecule is S=C1c2ccccc2C2(c3cccc4c3C=CC4)NCCN12. The first-order valence-electron chi connectivity index (χ1n) is 7.78. The van der Waals surface area contributed by atoms with Crippen LogP contribution in [0.2, 0.25) is 0 Å². The normalized spacial score (nSPS) is 24.5. The second kappa shape index (κ2) is 4.28. The smallest absolute Gasteiger partial charge is 0.146 e. The molecule has 0 saturated carbocycles. The zero-order valence-electron chi connectivity index (χ0n) is 12.2. The van der Waals surface area contributed by atoms with Crippen LogP contribution < -0.4 is 5.32 Å². The van der Waals surface area contributed by atoms with Crippen LogP contribution in [0.5, 0.6) is 0 Å². The first kappa shape index (κ1) is 12.6. The molecule has 0 radical (unpaired) electrons. The van der Waals surface area contributed by atoms with Gasteiger partial charge in [0, 0.05) is 29.8 Å². The van der Waals surface area contributed by atoms with Crippen molar-refractivity contribution in [2.24, 2.45) is 0 Å². The fourth-order valence-electron chi connectivity index (χ4n) is 4.23. The van der Waals surface area contributed by atoms with Crippen molar-refractivity contribution in [3.05, 3.63) is 76.4 Å². The molecule has 3 heteroatoms. The largest absolute Gasteiger partial charge is 0.335 e. The quantitative estimate of drug-likeness (QED) is 0.815. The summed E-state index contributed by atoms with van der Waals surface area (Å²) in [5, 5.41) is 3.77. The van der Waals surface area contributed by atoms with Gasteiger partial charge in [0.15, 0.2) is 0 Å². The second-order valence-electron chi connectivity index (χ2n) is 6.12. The van der Waals surface area contributed by atoms with Gasteiger partial charge in [0.2, 0.25) is 0 Å². The molecule has 1 aliphatic carbocycles. The van der Waals surface area contributed by atoms with E-state index in [4.69, 9.17) is 12.2 Å². The fraction of sp³-hybridized carbons (Fsp3) is 0.211. The number of hydrogen-bond acceptors (Lipinski definition) is 2. The number of fused-ring (bicyclic) bond motifs is 4. The zero-order valence-corrected chi connectivity index (χ0v) is 13.0. The predicted molar refractivity (Wildman–Crippen MR) is 92.8 cm³/mol. The number of hydrogen-bond donors (Lipinski definition) is 1. The molecule has 0 spiro atoms. The van der Waals surface area contributed by atoms with Gasteiger partial charge >= 0.3 is 0 Å². The van der Waals surface area contributed by atoms with Gasteiger partial charge < -0.3 is 4.90 Å². The molecule has 0 bridgehead atoms. The Hall–Kier alpha value is -1.97. The molecule has 22 heavy (non-hydrogen) atoms. The summed E-state index contributed by atoms with van der Waals surface area (Å²) in [5.74, 6) is 0. The second-order valence-corrected chi connectivity index (χ2v) is 6.51. The molecule has 1 atom stereocenters. The predicted octanol–water partition coefficient (Wildman–Crippen LogP) is 3.05. The summed E-state index contributed by atoms with van der Waals surface area (Å²) >= 11 is 5.78. The third-order valence-electron chi connectivity index (χ3n) is 5.12. The number of benzene rings is 2. The molecule has 1 fully saturated rings. The average molecular weight is 304 g/mol. The molecular weight excluding hydrogens is 288 g/mol. The Balaban J connectivity index is 1.85. The van der Waals surface area contributed by atoms with Gasteiger partial charge in [0.25, 0.3) is 0 Å². The van der Waals surface area contributed by atoms with Crippen LogP contribution in [0.25, 0.3) is 6.08 Å². The van der Waals surface area contributed by atoms with Crippen LogP contribution in [0.1, 0.15) is 27.8 Å². The monoisotopic (exact) mass is 304 g/mol. The van der Waals surface area contributed by atoms with Gasteiger partial charge in [-0.2, -0.15) is 0 Å². The topological polar surface area (TPSA) is 15.3 Å². The third kappa shape index (κ3) is 1.36. The average Bonchev–Trinajstić information content (AvgIpc) is 3.24. The fourth-order valence-corrected chi connectivity index (χ4v) is 4.64. The molecular formula is C19H16N2S. The van der Waals surface area contributed by atoms with E-state index in [1.807, 2.05) is 0 Å². The maximum atomic E-state index is 5.78. The Morgan fingerprint density at radius 3 is 2.86 bits per heavy atom. The number of nitrogens with one attached hydrogen (secondary N) is 1. The highest BCUT2D eigenvalue weighted by Crippen LogP contribution is 2.46. The Morgan fingerprint density at radius 1 is 1.05 bits per heavy atom. The Labute approximate surface area is 135 Å². The molecule has 2 aromatic carbocycles. The van der Waals surface area contributed by atoms with Crippen LogP contribution in [-0.2, 0) is 12.1 Å². The maximum Gasteiger partial charge on any atom is 0.146 e. The summed E-state index contributed by atoms with van der Waals surface area (Å²) in [6.45, 7) is 1.92. The van der Waals surface area contributed by atoms with Gasteiger partial charge in [0.05, 0.1) is 0 Å².